The number of rotatable bonds is 2. The highest BCUT2D eigenvalue weighted by atomic mass is 16.5. The molecule has 1 heterocycles. The fraction of sp³-hybridized carbons (Fsp3) is 0.647. The predicted molar refractivity (Wildman–Crippen MR) is 85.9 cm³/mol. The monoisotopic (exact) mass is 265 g/mol. The van der Waals surface area contributed by atoms with E-state index in [0.29, 0.717) is 12.0 Å². The summed E-state index contributed by atoms with van der Waals surface area (Å²) in [5.41, 5.74) is 2.54. The number of hydrogen-bond acceptors (Lipinski definition) is 2. The molecule has 1 aliphatic rings. The van der Waals surface area contributed by atoms with Gasteiger partial charge in [-0.1, -0.05) is 46.8 Å². The lowest BCUT2D eigenvalue weighted by molar-refractivity contribution is 0.0538. The minimum absolute atomic E-state index is 0.556. The van der Waals surface area contributed by atoms with Crippen molar-refractivity contribution in [2.24, 2.45) is 5.92 Å². The molecule has 2 rings (SSSR count). The Balaban J connectivity index is 0.000000741. The van der Waals surface area contributed by atoms with Crippen LogP contribution in [0.4, 0.5) is 5.69 Å². The summed E-state index contributed by atoms with van der Waals surface area (Å²) in [5.74, 6) is 0.597. The van der Waals surface area contributed by atoms with Gasteiger partial charge in [-0.15, -0.1) is 0 Å². The van der Waals surface area contributed by atoms with Gasteiger partial charge in [0.2, 0.25) is 0 Å². The fourth-order valence-electron chi connectivity index (χ4n) is 2.04. The second-order valence-corrected chi connectivity index (χ2v) is 4.46. The number of aryl methyl sites for hydroxylation is 1. The van der Waals surface area contributed by atoms with E-state index in [4.69, 9.17) is 4.74 Å². The number of ether oxygens (including phenoxy) is 1. The van der Waals surface area contributed by atoms with Gasteiger partial charge in [-0.05, 0) is 37.0 Å². The third-order valence-electron chi connectivity index (χ3n) is 3.01. The Morgan fingerprint density at radius 1 is 1.16 bits per heavy atom. The Morgan fingerprint density at radius 2 is 1.84 bits per heavy atom. The van der Waals surface area contributed by atoms with Gasteiger partial charge in [0.15, 0.2) is 0 Å². The van der Waals surface area contributed by atoms with E-state index in [1.165, 1.54) is 11.3 Å². The van der Waals surface area contributed by atoms with Crippen LogP contribution in [0.1, 0.15) is 46.6 Å². The Hall–Kier alpha value is -1.02. The van der Waals surface area contributed by atoms with E-state index < -0.39 is 0 Å². The molecule has 1 saturated heterocycles. The summed E-state index contributed by atoms with van der Waals surface area (Å²) in [5, 5.41) is 3.59. The summed E-state index contributed by atoms with van der Waals surface area (Å²) in [4.78, 5) is 0. The molecule has 0 amide bonds. The molecule has 1 fully saturated rings. The fourth-order valence-corrected chi connectivity index (χ4v) is 2.04. The normalized spacial score (nSPS) is 21.4. The van der Waals surface area contributed by atoms with Gasteiger partial charge in [0.05, 0.1) is 6.61 Å². The van der Waals surface area contributed by atoms with Gasteiger partial charge >= 0.3 is 0 Å². The lowest BCUT2D eigenvalue weighted by Gasteiger charge is -2.30. The van der Waals surface area contributed by atoms with Crippen LogP contribution in [-0.2, 0) is 4.74 Å². The first-order chi connectivity index (χ1) is 9.25. The molecule has 2 atom stereocenters. The van der Waals surface area contributed by atoms with Crippen molar-refractivity contribution in [1.82, 2.24) is 0 Å². The topological polar surface area (TPSA) is 21.3 Å². The zero-order valence-electron chi connectivity index (χ0n) is 13.5. The predicted octanol–water partition coefficient (Wildman–Crippen LogP) is 4.88. The molecule has 0 spiro atoms. The quantitative estimate of drug-likeness (QED) is 0.822. The molecular weight excluding hydrogens is 234 g/mol. The van der Waals surface area contributed by atoms with Crippen molar-refractivity contribution in [3.05, 3.63) is 29.8 Å². The molecule has 1 aromatic carbocycles. The van der Waals surface area contributed by atoms with E-state index in [2.05, 4.69) is 43.4 Å². The first kappa shape index (κ1) is 18.0. The van der Waals surface area contributed by atoms with Crippen LogP contribution in [0.5, 0.6) is 0 Å². The first-order valence-corrected chi connectivity index (χ1v) is 7.66. The van der Waals surface area contributed by atoms with E-state index in [9.17, 15) is 0 Å². The maximum absolute atomic E-state index is 5.43. The summed E-state index contributed by atoms with van der Waals surface area (Å²) in [6.07, 6.45) is 1.11. The van der Waals surface area contributed by atoms with Crippen molar-refractivity contribution in [1.29, 1.82) is 0 Å². The maximum Gasteiger partial charge on any atom is 0.0511 e. The third kappa shape index (κ3) is 6.63. The molecule has 0 aromatic heterocycles. The standard InChI is InChI=1S/C13H19NO.2C2H6/c1-10-4-3-5-12(8-10)14-13-6-7-15-9-11(13)2;2*1-2/h3-5,8,11,13-14H,6-7,9H2,1-2H3;2*1-2H3/t11-,13?;;/m1../s1. The molecule has 2 nitrogen and oxygen atoms in total. The molecule has 1 unspecified atom stereocenters. The van der Waals surface area contributed by atoms with E-state index in [1.807, 2.05) is 27.7 Å². The van der Waals surface area contributed by atoms with Gasteiger partial charge in [-0.2, -0.15) is 0 Å². The van der Waals surface area contributed by atoms with Gasteiger partial charge in [-0.25, -0.2) is 0 Å². The molecule has 19 heavy (non-hydrogen) atoms. The average molecular weight is 265 g/mol. The van der Waals surface area contributed by atoms with Crippen LogP contribution in [0, 0.1) is 12.8 Å². The van der Waals surface area contributed by atoms with E-state index in [1.54, 1.807) is 0 Å². The Morgan fingerprint density at radius 3 is 2.42 bits per heavy atom. The largest absolute Gasteiger partial charge is 0.382 e. The average Bonchev–Trinajstić information content (AvgIpc) is 2.46. The van der Waals surface area contributed by atoms with E-state index in [-0.39, 0.29) is 0 Å². The van der Waals surface area contributed by atoms with Crippen molar-refractivity contribution in [3.8, 4) is 0 Å². The van der Waals surface area contributed by atoms with Crippen molar-refractivity contribution in [2.45, 2.75) is 54.0 Å². The lowest BCUT2D eigenvalue weighted by atomic mass is 9.97. The smallest absolute Gasteiger partial charge is 0.0511 e. The zero-order chi connectivity index (χ0) is 14.7. The first-order valence-electron chi connectivity index (χ1n) is 7.66. The van der Waals surface area contributed by atoms with Gasteiger partial charge in [-0.3, -0.25) is 0 Å². The van der Waals surface area contributed by atoms with Crippen LogP contribution in [-0.4, -0.2) is 19.3 Å². The summed E-state index contributed by atoms with van der Waals surface area (Å²) >= 11 is 0. The number of nitrogens with one attached hydrogen (secondary N) is 1. The van der Waals surface area contributed by atoms with Gasteiger partial charge in [0, 0.05) is 18.3 Å². The molecule has 0 aliphatic carbocycles. The van der Waals surface area contributed by atoms with Crippen molar-refractivity contribution >= 4 is 5.69 Å². The molecule has 1 aromatic rings. The Labute approximate surface area is 119 Å². The van der Waals surface area contributed by atoms with Gasteiger partial charge < -0.3 is 10.1 Å². The van der Waals surface area contributed by atoms with Crippen LogP contribution in [0.25, 0.3) is 0 Å². The van der Waals surface area contributed by atoms with Crippen LogP contribution in [0.3, 0.4) is 0 Å². The number of anilines is 1. The summed E-state index contributed by atoms with van der Waals surface area (Å²) < 4.78 is 5.43. The van der Waals surface area contributed by atoms with Crippen LogP contribution >= 0.6 is 0 Å². The van der Waals surface area contributed by atoms with Gasteiger partial charge in [0.25, 0.3) is 0 Å². The molecule has 110 valence electrons. The summed E-state index contributed by atoms with van der Waals surface area (Å²) in [7, 11) is 0. The second-order valence-electron chi connectivity index (χ2n) is 4.46. The number of benzene rings is 1. The molecule has 0 radical (unpaired) electrons. The highest BCUT2D eigenvalue weighted by Gasteiger charge is 2.21. The minimum atomic E-state index is 0.556. The summed E-state index contributed by atoms with van der Waals surface area (Å²) in [6.45, 7) is 14.1. The highest BCUT2D eigenvalue weighted by molar-refractivity contribution is 5.46. The molecule has 0 bridgehead atoms. The minimum Gasteiger partial charge on any atom is -0.382 e. The van der Waals surface area contributed by atoms with Crippen LogP contribution < -0.4 is 5.32 Å². The van der Waals surface area contributed by atoms with Crippen molar-refractivity contribution in [2.75, 3.05) is 18.5 Å². The molecule has 1 N–H and O–H groups in total. The molecule has 2 heteroatoms. The molecular formula is C17H31NO. The molecule has 0 saturated carbocycles. The maximum atomic E-state index is 5.43. The van der Waals surface area contributed by atoms with Crippen molar-refractivity contribution < 1.29 is 4.74 Å². The number of hydrogen-bond donors (Lipinski definition) is 1. The van der Waals surface area contributed by atoms with Crippen LogP contribution in [0.15, 0.2) is 24.3 Å². The SMILES string of the molecule is CC.CC.Cc1cccc(NC2CCOC[C@H]2C)c1. The van der Waals surface area contributed by atoms with Crippen molar-refractivity contribution in [3.63, 3.8) is 0 Å². The zero-order valence-corrected chi connectivity index (χ0v) is 13.5. The highest BCUT2D eigenvalue weighted by Crippen LogP contribution is 2.19. The third-order valence-corrected chi connectivity index (χ3v) is 3.01. The second kappa shape index (κ2) is 10.9. The van der Waals surface area contributed by atoms with Gasteiger partial charge in [0.1, 0.15) is 0 Å². The molecule has 1 aliphatic heterocycles. The van der Waals surface area contributed by atoms with Crippen LogP contribution in [0.2, 0.25) is 0 Å². The Bertz CT molecular complexity index is 325. The van der Waals surface area contributed by atoms with E-state index in [0.717, 1.165) is 19.6 Å². The Kier molecular flexibility index (Phi) is 10.3. The van der Waals surface area contributed by atoms with E-state index >= 15 is 0 Å². The lowest BCUT2D eigenvalue weighted by Crippen LogP contribution is -2.35. The summed E-state index contributed by atoms with van der Waals surface area (Å²) in [6, 6.07) is 9.11.